The second kappa shape index (κ2) is 16.0. The van der Waals surface area contributed by atoms with Crippen molar-refractivity contribution in [2.75, 3.05) is 25.1 Å². The van der Waals surface area contributed by atoms with E-state index >= 15 is 0 Å². The summed E-state index contributed by atoms with van der Waals surface area (Å²) >= 11 is 0. The number of nitrogens with one attached hydrogen (secondary N) is 1. The molecule has 2 unspecified atom stereocenters. The Balaban J connectivity index is 1.90. The zero-order valence-electron chi connectivity index (χ0n) is 23.8. The Morgan fingerprint density at radius 1 is 0.583 bits per heavy atom. The van der Waals surface area contributed by atoms with Gasteiger partial charge in [0.25, 0.3) is 0 Å². The molecule has 36 heavy (non-hydrogen) atoms. The smallest absolute Gasteiger partial charge is 0.0983 e. The van der Waals surface area contributed by atoms with E-state index in [1.807, 2.05) is 13.8 Å². The molecule has 0 amide bonds. The quantitative estimate of drug-likeness (QED) is 0.251. The highest BCUT2D eigenvalue weighted by Crippen LogP contribution is 2.23. The van der Waals surface area contributed by atoms with Crippen LogP contribution in [-0.2, 0) is 25.4 Å². The summed E-state index contributed by atoms with van der Waals surface area (Å²) < 4.78 is 23.6. The predicted molar refractivity (Wildman–Crippen MR) is 151 cm³/mol. The zero-order valence-corrected chi connectivity index (χ0v) is 23.8. The Morgan fingerprint density at radius 2 is 1.06 bits per heavy atom. The van der Waals surface area contributed by atoms with Crippen LogP contribution in [-0.4, -0.2) is 56.4 Å². The summed E-state index contributed by atoms with van der Waals surface area (Å²) in [4.78, 5) is 0. The molecular formula is C31H49NO4. The van der Waals surface area contributed by atoms with E-state index in [1.165, 1.54) is 16.7 Å². The number of benzene rings is 2. The maximum Gasteiger partial charge on any atom is 0.0983 e. The summed E-state index contributed by atoms with van der Waals surface area (Å²) in [5, 5.41) is 3.49. The molecule has 0 spiro atoms. The van der Waals surface area contributed by atoms with Gasteiger partial charge in [-0.25, -0.2) is 0 Å². The third kappa shape index (κ3) is 12.4. The van der Waals surface area contributed by atoms with Crippen molar-refractivity contribution < 1.29 is 18.9 Å². The van der Waals surface area contributed by atoms with Crippen LogP contribution in [0.3, 0.4) is 0 Å². The Morgan fingerprint density at radius 3 is 1.56 bits per heavy atom. The van der Waals surface area contributed by atoms with E-state index in [4.69, 9.17) is 18.9 Å². The molecule has 0 aliphatic rings. The highest BCUT2D eigenvalue weighted by Gasteiger charge is 2.14. The molecule has 2 rings (SSSR count). The minimum atomic E-state index is 0.0158. The Kier molecular flexibility index (Phi) is 13.5. The minimum absolute atomic E-state index is 0.0158. The molecule has 0 aromatic heterocycles. The SMILES string of the molecule is CC(C)OCC(CCc1ccc(-c2ccc(NCC(COC(C)C)OC(C)C)cc2)cc1)OC(C)C. The second-order valence-electron chi connectivity index (χ2n) is 10.6. The van der Waals surface area contributed by atoms with Gasteiger partial charge in [-0.3, -0.25) is 0 Å². The first-order chi connectivity index (χ1) is 17.1. The third-order valence-corrected chi connectivity index (χ3v) is 5.62. The molecule has 5 heteroatoms. The van der Waals surface area contributed by atoms with Gasteiger partial charge in [-0.05, 0) is 97.1 Å². The summed E-state index contributed by atoms with van der Waals surface area (Å²) in [6, 6.07) is 17.4. The lowest BCUT2D eigenvalue weighted by Gasteiger charge is -2.22. The summed E-state index contributed by atoms with van der Waals surface area (Å²) in [6.45, 7) is 18.4. The van der Waals surface area contributed by atoms with Crippen LogP contribution in [0.1, 0.15) is 67.4 Å². The molecule has 2 atom stereocenters. The van der Waals surface area contributed by atoms with Gasteiger partial charge in [0.05, 0.1) is 49.8 Å². The number of anilines is 1. The van der Waals surface area contributed by atoms with Gasteiger partial charge in [0.15, 0.2) is 0 Å². The van der Waals surface area contributed by atoms with Crippen LogP contribution in [0.4, 0.5) is 5.69 Å². The van der Waals surface area contributed by atoms with Crippen LogP contribution in [0, 0.1) is 0 Å². The van der Waals surface area contributed by atoms with Gasteiger partial charge in [0.2, 0.25) is 0 Å². The van der Waals surface area contributed by atoms with Crippen LogP contribution < -0.4 is 5.32 Å². The molecule has 0 aliphatic heterocycles. The molecule has 1 N–H and O–H groups in total. The zero-order chi connectivity index (χ0) is 26.5. The van der Waals surface area contributed by atoms with Crippen molar-refractivity contribution >= 4 is 5.69 Å². The van der Waals surface area contributed by atoms with Crippen molar-refractivity contribution in [1.29, 1.82) is 0 Å². The van der Waals surface area contributed by atoms with Crippen molar-refractivity contribution in [3.05, 3.63) is 54.1 Å². The number of aryl methyl sites for hydroxylation is 1. The first-order valence-corrected chi connectivity index (χ1v) is 13.6. The lowest BCUT2D eigenvalue weighted by Crippen LogP contribution is -2.31. The molecule has 0 heterocycles. The number of hydrogen-bond donors (Lipinski definition) is 1. The van der Waals surface area contributed by atoms with Gasteiger partial charge >= 0.3 is 0 Å². The van der Waals surface area contributed by atoms with Gasteiger partial charge in [-0.15, -0.1) is 0 Å². The molecular weight excluding hydrogens is 450 g/mol. The van der Waals surface area contributed by atoms with E-state index in [2.05, 4.69) is 95.4 Å². The average molecular weight is 500 g/mol. The van der Waals surface area contributed by atoms with E-state index in [1.54, 1.807) is 0 Å². The molecule has 0 fully saturated rings. The minimum Gasteiger partial charge on any atom is -0.382 e. The van der Waals surface area contributed by atoms with Crippen LogP contribution in [0.15, 0.2) is 48.5 Å². The molecule has 2 aromatic carbocycles. The second-order valence-corrected chi connectivity index (χ2v) is 10.6. The summed E-state index contributed by atoms with van der Waals surface area (Å²) in [5.41, 5.74) is 4.82. The van der Waals surface area contributed by atoms with Gasteiger partial charge in [-0.1, -0.05) is 36.4 Å². The van der Waals surface area contributed by atoms with E-state index in [0.717, 1.165) is 18.5 Å². The number of hydrogen-bond acceptors (Lipinski definition) is 5. The normalized spacial score (nSPS) is 13.7. The fraction of sp³-hybridized carbons (Fsp3) is 0.613. The predicted octanol–water partition coefficient (Wildman–Crippen LogP) is 7.14. The fourth-order valence-corrected chi connectivity index (χ4v) is 3.91. The summed E-state index contributed by atoms with van der Waals surface area (Å²) in [7, 11) is 0. The maximum atomic E-state index is 6.06. The molecule has 0 radical (unpaired) electrons. The first kappa shape index (κ1) is 30.3. The highest BCUT2D eigenvalue weighted by molar-refractivity contribution is 5.66. The van der Waals surface area contributed by atoms with Gasteiger partial charge in [-0.2, -0.15) is 0 Å². The van der Waals surface area contributed by atoms with Crippen LogP contribution in [0.2, 0.25) is 0 Å². The molecule has 5 nitrogen and oxygen atoms in total. The first-order valence-electron chi connectivity index (χ1n) is 13.6. The van der Waals surface area contributed by atoms with E-state index in [9.17, 15) is 0 Å². The third-order valence-electron chi connectivity index (χ3n) is 5.62. The summed E-state index contributed by atoms with van der Waals surface area (Å²) in [5.74, 6) is 0. The maximum absolute atomic E-state index is 6.06. The number of ether oxygens (including phenoxy) is 4. The monoisotopic (exact) mass is 499 g/mol. The highest BCUT2D eigenvalue weighted by atomic mass is 16.5. The van der Waals surface area contributed by atoms with Crippen LogP contribution in [0.5, 0.6) is 0 Å². The largest absolute Gasteiger partial charge is 0.382 e. The molecule has 0 aliphatic carbocycles. The Hall–Kier alpha value is -1.92. The van der Waals surface area contributed by atoms with Crippen molar-refractivity contribution in [1.82, 2.24) is 0 Å². The van der Waals surface area contributed by atoms with Gasteiger partial charge < -0.3 is 24.3 Å². The molecule has 0 bridgehead atoms. The number of rotatable bonds is 17. The lowest BCUT2D eigenvalue weighted by atomic mass is 10.0. The molecule has 0 saturated carbocycles. The molecule has 202 valence electrons. The summed E-state index contributed by atoms with van der Waals surface area (Å²) in [6.07, 6.45) is 2.85. The van der Waals surface area contributed by atoms with E-state index in [-0.39, 0.29) is 36.6 Å². The van der Waals surface area contributed by atoms with Crippen molar-refractivity contribution in [2.45, 2.75) is 105 Å². The lowest BCUT2D eigenvalue weighted by molar-refractivity contribution is -0.0611. The Bertz CT molecular complexity index is 759. The topological polar surface area (TPSA) is 49.0 Å². The van der Waals surface area contributed by atoms with E-state index < -0.39 is 0 Å². The van der Waals surface area contributed by atoms with Gasteiger partial charge in [0, 0.05) is 12.2 Å². The van der Waals surface area contributed by atoms with Crippen molar-refractivity contribution in [3.8, 4) is 11.1 Å². The standard InChI is InChI=1S/C31H49NO4/c1-22(2)33-20-30(35-24(5)6)18-11-26-9-12-27(13-10-26)28-14-16-29(17-15-28)32-19-31(36-25(7)8)21-34-23(3)4/h9-10,12-17,22-25,30-32H,11,18-21H2,1-8H3. The van der Waals surface area contributed by atoms with Crippen LogP contribution >= 0.6 is 0 Å². The Labute approximate surface area is 219 Å². The van der Waals surface area contributed by atoms with Crippen molar-refractivity contribution in [3.63, 3.8) is 0 Å². The van der Waals surface area contributed by atoms with E-state index in [0.29, 0.717) is 19.8 Å². The van der Waals surface area contributed by atoms with Crippen LogP contribution in [0.25, 0.3) is 11.1 Å². The average Bonchev–Trinajstić information content (AvgIpc) is 2.82. The fourth-order valence-electron chi connectivity index (χ4n) is 3.91. The molecule has 2 aromatic rings. The molecule has 0 saturated heterocycles. The van der Waals surface area contributed by atoms with Gasteiger partial charge in [0.1, 0.15) is 0 Å². The van der Waals surface area contributed by atoms with Crippen molar-refractivity contribution in [2.24, 2.45) is 0 Å².